The number of carbonyl (C=O) groups is 2. The van der Waals surface area contributed by atoms with E-state index in [1.54, 1.807) is 13.1 Å². The summed E-state index contributed by atoms with van der Waals surface area (Å²) in [4.78, 5) is 27.6. The molecule has 6 nitrogen and oxygen atoms in total. The van der Waals surface area contributed by atoms with E-state index in [-0.39, 0.29) is 48.0 Å². The summed E-state index contributed by atoms with van der Waals surface area (Å²) in [5.41, 5.74) is -0.548. The molecule has 3 rings (SSSR count). The molecule has 6 heteroatoms. The quantitative estimate of drug-likeness (QED) is 0.607. The molecule has 3 N–H and O–H groups in total. The van der Waals surface area contributed by atoms with Crippen LogP contribution in [-0.4, -0.2) is 64.3 Å². The highest BCUT2D eigenvalue weighted by molar-refractivity contribution is 5.90. The molecule has 0 aliphatic heterocycles. The van der Waals surface area contributed by atoms with E-state index in [9.17, 15) is 19.8 Å². The van der Waals surface area contributed by atoms with Gasteiger partial charge in [-0.15, -0.1) is 0 Å². The van der Waals surface area contributed by atoms with Crippen molar-refractivity contribution in [2.45, 2.75) is 72.5 Å². The van der Waals surface area contributed by atoms with Crippen LogP contribution >= 0.6 is 0 Å². The maximum absolute atomic E-state index is 13.6. The molecule has 0 aromatic carbocycles. The summed E-state index contributed by atoms with van der Waals surface area (Å²) in [6.07, 6.45) is 2.98. The van der Waals surface area contributed by atoms with E-state index >= 15 is 0 Å². The second-order valence-corrected chi connectivity index (χ2v) is 11.0. The average Bonchev–Trinajstić information content (AvgIpc) is 2.67. The van der Waals surface area contributed by atoms with Gasteiger partial charge in [0.2, 0.25) is 5.91 Å². The molecule has 3 saturated carbocycles. The van der Waals surface area contributed by atoms with Crippen molar-refractivity contribution in [1.29, 1.82) is 0 Å². The van der Waals surface area contributed by atoms with Gasteiger partial charge in [-0.05, 0) is 42.9 Å². The van der Waals surface area contributed by atoms with Crippen LogP contribution in [0.3, 0.4) is 0 Å². The zero-order valence-corrected chi connectivity index (χ0v) is 19.3. The van der Waals surface area contributed by atoms with Gasteiger partial charge in [-0.1, -0.05) is 40.2 Å². The van der Waals surface area contributed by atoms with Crippen LogP contribution in [0.5, 0.6) is 0 Å². The van der Waals surface area contributed by atoms with Gasteiger partial charge in [0, 0.05) is 36.4 Å². The molecule has 3 fully saturated rings. The number of likely N-dealkylation sites (N-methyl/N-ethyl adjacent to an activating group) is 1. The van der Waals surface area contributed by atoms with Gasteiger partial charge < -0.3 is 20.2 Å². The summed E-state index contributed by atoms with van der Waals surface area (Å²) < 4.78 is 0. The van der Waals surface area contributed by atoms with Crippen molar-refractivity contribution in [2.75, 3.05) is 20.2 Å². The summed E-state index contributed by atoms with van der Waals surface area (Å²) in [5, 5.41) is 31.1. The lowest BCUT2D eigenvalue weighted by molar-refractivity contribution is -0.215. The van der Waals surface area contributed by atoms with Crippen LogP contribution in [0.1, 0.15) is 60.3 Å². The van der Waals surface area contributed by atoms with E-state index in [0.717, 1.165) is 24.8 Å². The van der Waals surface area contributed by atoms with Crippen molar-refractivity contribution in [1.82, 2.24) is 4.90 Å². The minimum absolute atomic E-state index is 0.0879. The van der Waals surface area contributed by atoms with E-state index in [4.69, 9.17) is 5.11 Å². The Morgan fingerprint density at radius 2 is 1.83 bits per heavy atom. The van der Waals surface area contributed by atoms with Gasteiger partial charge in [-0.2, -0.15) is 0 Å². The van der Waals surface area contributed by atoms with Gasteiger partial charge in [0.1, 0.15) is 6.10 Å². The minimum Gasteiger partial charge on any atom is -0.395 e. The number of amides is 1. The molecule has 30 heavy (non-hydrogen) atoms. The van der Waals surface area contributed by atoms with E-state index in [0.29, 0.717) is 6.42 Å². The second-order valence-electron chi connectivity index (χ2n) is 11.0. The number of aliphatic hydroxyl groups is 3. The van der Waals surface area contributed by atoms with Crippen LogP contribution in [0.15, 0.2) is 11.6 Å². The number of fused-ring (bicyclic) bond motifs is 3. The zero-order chi connectivity index (χ0) is 22.6. The third kappa shape index (κ3) is 3.18. The molecule has 3 aliphatic rings. The number of ketones is 1. The first kappa shape index (κ1) is 23.4. The second kappa shape index (κ2) is 7.72. The number of hydrogen-bond donors (Lipinski definition) is 3. The normalized spacial score (nSPS) is 44.4. The molecule has 0 bridgehead atoms. The molecular formula is C24H39NO5. The van der Waals surface area contributed by atoms with Crippen LogP contribution in [0, 0.1) is 34.0 Å². The maximum Gasteiger partial charge on any atom is 0.246 e. The number of carbonyl (C=O) groups excluding carboxylic acids is 2. The Morgan fingerprint density at radius 3 is 2.43 bits per heavy atom. The topological polar surface area (TPSA) is 98.1 Å². The van der Waals surface area contributed by atoms with Gasteiger partial charge in [0.05, 0.1) is 12.7 Å². The Kier molecular flexibility index (Phi) is 6.02. The Morgan fingerprint density at radius 1 is 1.20 bits per heavy atom. The lowest BCUT2D eigenvalue weighted by Crippen LogP contribution is -2.69. The van der Waals surface area contributed by atoms with Crippen LogP contribution < -0.4 is 0 Å². The van der Waals surface area contributed by atoms with Gasteiger partial charge in [0.25, 0.3) is 0 Å². The van der Waals surface area contributed by atoms with Crippen LogP contribution in [-0.2, 0) is 9.59 Å². The highest BCUT2D eigenvalue weighted by Gasteiger charge is 2.68. The lowest BCUT2D eigenvalue weighted by atomic mass is 9.38. The molecule has 170 valence electrons. The zero-order valence-electron chi connectivity index (χ0n) is 19.3. The van der Waals surface area contributed by atoms with Crippen molar-refractivity contribution in [3.63, 3.8) is 0 Å². The fourth-order valence-electron chi connectivity index (χ4n) is 7.27. The molecule has 0 radical (unpaired) electrons. The molecule has 0 aromatic rings. The van der Waals surface area contributed by atoms with Crippen LogP contribution in [0.25, 0.3) is 0 Å². The van der Waals surface area contributed by atoms with Gasteiger partial charge in [-0.25, -0.2) is 0 Å². The predicted octanol–water partition coefficient (Wildman–Crippen LogP) is 2.16. The van der Waals surface area contributed by atoms with E-state index in [1.807, 2.05) is 27.7 Å². The number of aliphatic hydroxyl groups excluding tert-OH is 3. The third-order valence-electron chi connectivity index (χ3n) is 9.24. The third-order valence-corrected chi connectivity index (χ3v) is 9.24. The number of Topliss-reactive ketones (excluding diaryl/α,β-unsaturated/α-hetero) is 1. The van der Waals surface area contributed by atoms with Crippen LogP contribution in [0.2, 0.25) is 0 Å². The lowest BCUT2D eigenvalue weighted by Gasteiger charge is -2.66. The molecule has 3 aliphatic carbocycles. The molecule has 0 spiro atoms. The molecule has 7 atom stereocenters. The molecule has 7 unspecified atom stereocenters. The molecule has 0 saturated heterocycles. The Labute approximate surface area is 180 Å². The first-order valence-corrected chi connectivity index (χ1v) is 11.3. The summed E-state index contributed by atoms with van der Waals surface area (Å²) in [7, 11) is 1.66. The van der Waals surface area contributed by atoms with E-state index in [2.05, 4.69) is 6.92 Å². The average molecular weight is 422 g/mol. The summed E-state index contributed by atoms with van der Waals surface area (Å²) in [5.74, 6) is -0.675. The number of nitrogens with zero attached hydrogens (tertiary/aromatic N) is 1. The summed E-state index contributed by atoms with van der Waals surface area (Å²) in [6.45, 7) is 10.3. The van der Waals surface area contributed by atoms with E-state index in [1.165, 1.54) is 4.90 Å². The molecule has 0 aromatic heterocycles. The van der Waals surface area contributed by atoms with Crippen molar-refractivity contribution in [2.24, 2.45) is 34.0 Å². The Balaban J connectivity index is 2.01. The fraction of sp³-hybridized carbons (Fsp3) is 0.833. The van der Waals surface area contributed by atoms with Gasteiger partial charge >= 0.3 is 0 Å². The Hall–Kier alpha value is -1.24. The highest BCUT2D eigenvalue weighted by Crippen LogP contribution is 2.67. The van der Waals surface area contributed by atoms with Crippen molar-refractivity contribution in [3.05, 3.63) is 11.6 Å². The summed E-state index contributed by atoms with van der Waals surface area (Å²) >= 11 is 0. The van der Waals surface area contributed by atoms with E-state index < -0.39 is 23.0 Å². The van der Waals surface area contributed by atoms with Crippen molar-refractivity contribution < 1.29 is 24.9 Å². The predicted molar refractivity (Wildman–Crippen MR) is 114 cm³/mol. The smallest absolute Gasteiger partial charge is 0.246 e. The monoisotopic (exact) mass is 421 g/mol. The first-order chi connectivity index (χ1) is 13.8. The van der Waals surface area contributed by atoms with Crippen molar-refractivity contribution in [3.8, 4) is 0 Å². The standard InChI is InChI=1S/C24H39NO5/c1-14-15(13-18(28)25(6)11-12-26)7-8-16-23(4)10-9-17(27)22(2,3)20(23)19(29)21(30)24(14,16)5/h13-14,16-17,20-21,26-27,30H,7-12H2,1-6H3. The van der Waals surface area contributed by atoms with Crippen LogP contribution in [0.4, 0.5) is 0 Å². The van der Waals surface area contributed by atoms with Crippen molar-refractivity contribution >= 4 is 11.7 Å². The number of rotatable bonds is 3. The van der Waals surface area contributed by atoms with Gasteiger partial charge in [0.15, 0.2) is 5.78 Å². The summed E-state index contributed by atoms with van der Waals surface area (Å²) in [6, 6.07) is 0. The maximum atomic E-state index is 13.6. The number of allylic oxidation sites excluding steroid dienone is 1. The SMILES string of the molecule is CC1C(=CC(=O)N(C)CCO)CCC2C3(C)CCC(O)C(C)(C)C3C(=O)C(O)C12C. The number of hydrogen-bond acceptors (Lipinski definition) is 5. The molecule has 0 heterocycles. The Bertz CT molecular complexity index is 746. The minimum atomic E-state index is -1.12. The van der Waals surface area contributed by atoms with Gasteiger partial charge in [-0.3, -0.25) is 9.59 Å². The highest BCUT2D eigenvalue weighted by atomic mass is 16.3. The fourth-order valence-corrected chi connectivity index (χ4v) is 7.27. The first-order valence-electron chi connectivity index (χ1n) is 11.3. The molecule has 1 amide bonds. The molecular weight excluding hydrogens is 382 g/mol. The largest absolute Gasteiger partial charge is 0.395 e.